The molecule has 4 rings (SSSR count). The average molecular weight is 431 g/mol. The quantitative estimate of drug-likeness (QED) is 0.335. The minimum absolute atomic E-state index is 0.0717. The molecule has 0 unspecified atom stereocenters. The number of anilines is 3. The predicted molar refractivity (Wildman–Crippen MR) is 127 cm³/mol. The van der Waals surface area contributed by atoms with Gasteiger partial charge in [0.2, 0.25) is 0 Å². The molecule has 0 amide bonds. The van der Waals surface area contributed by atoms with Crippen molar-refractivity contribution in [1.82, 2.24) is 9.38 Å². The number of aryl methyl sites for hydroxylation is 1. The Bertz CT molecular complexity index is 1280. The zero-order valence-corrected chi connectivity index (χ0v) is 18.3. The van der Waals surface area contributed by atoms with Crippen molar-refractivity contribution in [3.63, 3.8) is 0 Å². The van der Waals surface area contributed by atoms with Gasteiger partial charge in [-0.2, -0.15) is 0 Å². The van der Waals surface area contributed by atoms with Crippen molar-refractivity contribution in [1.29, 1.82) is 0 Å². The van der Waals surface area contributed by atoms with Crippen LogP contribution in [0.5, 0.6) is 11.5 Å². The van der Waals surface area contributed by atoms with Crippen molar-refractivity contribution < 1.29 is 14.6 Å². The molecule has 2 heterocycles. The number of Topliss-reactive ketones (excluding diaryl/α,β-unsaturated/α-hetero) is 1. The van der Waals surface area contributed by atoms with Gasteiger partial charge in [0.15, 0.2) is 11.4 Å². The number of phenols is 1. The predicted octanol–water partition coefficient (Wildman–Crippen LogP) is 5.16. The summed E-state index contributed by atoms with van der Waals surface area (Å²) in [6, 6.07) is 17.0. The summed E-state index contributed by atoms with van der Waals surface area (Å²) in [6.07, 6.45) is 2.43. The molecule has 2 aromatic carbocycles. The van der Waals surface area contributed by atoms with Crippen molar-refractivity contribution in [2.75, 3.05) is 24.3 Å². The number of hydrogen-bond donors (Lipinski definition) is 3. The zero-order chi connectivity index (χ0) is 22.7. The molecule has 2 aromatic heterocycles. The molecule has 164 valence electrons. The molecule has 7 nitrogen and oxygen atoms in total. The molecule has 0 radical (unpaired) electrons. The Balaban J connectivity index is 1.64. The lowest BCUT2D eigenvalue weighted by molar-refractivity contribution is -0.117. The second-order valence-corrected chi connectivity index (χ2v) is 7.50. The van der Waals surface area contributed by atoms with E-state index >= 15 is 0 Å². The third-order valence-electron chi connectivity index (χ3n) is 5.38. The van der Waals surface area contributed by atoms with Crippen LogP contribution in [0.15, 0.2) is 60.8 Å². The van der Waals surface area contributed by atoms with Crippen LogP contribution in [0.1, 0.15) is 19.0 Å². The van der Waals surface area contributed by atoms with Crippen LogP contribution >= 0.6 is 0 Å². The van der Waals surface area contributed by atoms with E-state index in [-0.39, 0.29) is 18.1 Å². The summed E-state index contributed by atoms with van der Waals surface area (Å²) < 4.78 is 7.39. The molecule has 0 atom stereocenters. The van der Waals surface area contributed by atoms with Gasteiger partial charge in [0, 0.05) is 35.6 Å². The molecular formula is C25H26N4O3. The Labute approximate surface area is 186 Å². The lowest BCUT2D eigenvalue weighted by Gasteiger charge is -2.11. The molecule has 7 heteroatoms. The number of phenolic OH excluding ortho intramolecular Hbond substituents is 1. The largest absolute Gasteiger partial charge is 0.506 e. The fourth-order valence-corrected chi connectivity index (χ4v) is 3.56. The number of carbonyl (C=O) groups is 1. The summed E-state index contributed by atoms with van der Waals surface area (Å²) in [7, 11) is 1.65. The highest BCUT2D eigenvalue weighted by atomic mass is 16.5. The summed E-state index contributed by atoms with van der Waals surface area (Å²) in [5.74, 6) is 0.935. The Morgan fingerprint density at radius 1 is 1.12 bits per heavy atom. The van der Waals surface area contributed by atoms with Crippen LogP contribution in [-0.4, -0.2) is 33.9 Å². The molecule has 0 spiro atoms. The Morgan fingerprint density at radius 2 is 1.97 bits per heavy atom. The van der Waals surface area contributed by atoms with Gasteiger partial charge in [0.25, 0.3) is 0 Å². The number of ketones is 1. The van der Waals surface area contributed by atoms with Crippen LogP contribution < -0.4 is 15.4 Å². The lowest BCUT2D eigenvalue weighted by Crippen LogP contribution is -2.12. The fourth-order valence-electron chi connectivity index (χ4n) is 3.56. The second-order valence-electron chi connectivity index (χ2n) is 7.50. The maximum atomic E-state index is 11.5. The Kier molecular flexibility index (Phi) is 5.98. The van der Waals surface area contributed by atoms with E-state index in [9.17, 15) is 9.90 Å². The monoisotopic (exact) mass is 430 g/mol. The van der Waals surface area contributed by atoms with E-state index in [2.05, 4.69) is 10.6 Å². The number of benzene rings is 2. The number of methoxy groups -OCH3 is 1. The summed E-state index contributed by atoms with van der Waals surface area (Å²) in [5, 5.41) is 16.7. The number of aromatic nitrogens is 2. The van der Waals surface area contributed by atoms with Crippen LogP contribution in [0.25, 0.3) is 16.9 Å². The van der Waals surface area contributed by atoms with Crippen LogP contribution in [0.4, 0.5) is 17.1 Å². The van der Waals surface area contributed by atoms with Crippen LogP contribution in [0.2, 0.25) is 0 Å². The number of ether oxygens (including phenoxy) is 1. The van der Waals surface area contributed by atoms with Gasteiger partial charge in [0.05, 0.1) is 30.7 Å². The molecule has 0 saturated heterocycles. The second kappa shape index (κ2) is 9.01. The summed E-state index contributed by atoms with van der Waals surface area (Å²) in [4.78, 5) is 16.4. The highest BCUT2D eigenvalue weighted by molar-refractivity contribution is 5.84. The van der Waals surface area contributed by atoms with Crippen molar-refractivity contribution >= 4 is 28.5 Å². The smallest absolute Gasteiger partial charge is 0.161 e. The minimum Gasteiger partial charge on any atom is -0.506 e. The van der Waals surface area contributed by atoms with Crippen molar-refractivity contribution in [2.45, 2.75) is 20.3 Å². The number of rotatable bonds is 8. The van der Waals surface area contributed by atoms with Crippen molar-refractivity contribution in [2.24, 2.45) is 0 Å². The highest BCUT2D eigenvalue weighted by Gasteiger charge is 2.14. The number of hydrogen-bond acceptors (Lipinski definition) is 6. The van der Waals surface area contributed by atoms with Crippen LogP contribution in [0, 0.1) is 6.92 Å². The minimum atomic E-state index is 0.0717. The molecule has 0 aliphatic rings. The van der Waals surface area contributed by atoms with Gasteiger partial charge in [0.1, 0.15) is 11.5 Å². The van der Waals surface area contributed by atoms with E-state index in [1.54, 1.807) is 19.2 Å². The van der Waals surface area contributed by atoms with Gasteiger partial charge in [-0.3, -0.25) is 4.79 Å². The van der Waals surface area contributed by atoms with Gasteiger partial charge >= 0.3 is 0 Å². The molecule has 4 aromatic rings. The maximum absolute atomic E-state index is 11.5. The first-order chi connectivity index (χ1) is 15.5. The third kappa shape index (κ3) is 4.23. The van der Waals surface area contributed by atoms with E-state index < -0.39 is 0 Å². The number of pyridine rings is 1. The van der Waals surface area contributed by atoms with Crippen molar-refractivity contribution in [3.8, 4) is 22.8 Å². The average Bonchev–Trinajstić information content (AvgIpc) is 3.16. The molecular weight excluding hydrogens is 404 g/mol. The van der Waals surface area contributed by atoms with E-state index in [0.29, 0.717) is 17.8 Å². The van der Waals surface area contributed by atoms with Crippen LogP contribution in [0.3, 0.4) is 0 Å². The van der Waals surface area contributed by atoms with E-state index in [0.717, 1.165) is 34.0 Å². The fraction of sp³-hybridized carbons (Fsp3) is 0.200. The molecule has 0 fully saturated rings. The number of aromatic hydroxyl groups is 1. The summed E-state index contributed by atoms with van der Waals surface area (Å²) in [5.41, 5.74) is 5.69. The number of fused-ring (bicyclic) bond motifs is 1. The molecule has 0 aliphatic heterocycles. The first-order valence-electron chi connectivity index (χ1n) is 10.5. The molecule has 32 heavy (non-hydrogen) atoms. The summed E-state index contributed by atoms with van der Waals surface area (Å²) >= 11 is 0. The normalized spacial score (nSPS) is 10.8. The van der Waals surface area contributed by atoms with Crippen LogP contribution in [-0.2, 0) is 4.79 Å². The van der Waals surface area contributed by atoms with Gasteiger partial charge < -0.3 is 24.9 Å². The third-order valence-corrected chi connectivity index (χ3v) is 5.38. The molecule has 0 saturated carbocycles. The molecule has 0 aliphatic carbocycles. The SMILES string of the molecule is CCC(=O)CNc1ccc(Nc2cccn3c(C)c(-c4cccc(OC)c4)nc23)cc1O. The number of imidazole rings is 1. The number of carbonyl (C=O) groups excluding carboxylic acids is 1. The van der Waals surface area contributed by atoms with E-state index in [1.165, 1.54) is 0 Å². The summed E-state index contributed by atoms with van der Waals surface area (Å²) in [6.45, 7) is 4.04. The van der Waals surface area contributed by atoms with E-state index in [4.69, 9.17) is 9.72 Å². The topological polar surface area (TPSA) is 87.9 Å². The maximum Gasteiger partial charge on any atom is 0.161 e. The molecule has 3 N–H and O–H groups in total. The van der Waals surface area contributed by atoms with E-state index in [1.807, 2.05) is 66.9 Å². The Morgan fingerprint density at radius 3 is 2.72 bits per heavy atom. The van der Waals surface area contributed by atoms with Crippen molar-refractivity contribution in [3.05, 3.63) is 66.5 Å². The number of nitrogens with one attached hydrogen (secondary N) is 2. The van der Waals surface area contributed by atoms with Gasteiger partial charge in [-0.05, 0) is 43.3 Å². The highest BCUT2D eigenvalue weighted by Crippen LogP contribution is 2.32. The lowest BCUT2D eigenvalue weighted by atomic mass is 10.1. The number of nitrogens with zero attached hydrogens (tertiary/aromatic N) is 2. The van der Waals surface area contributed by atoms with Gasteiger partial charge in [-0.15, -0.1) is 0 Å². The first-order valence-corrected chi connectivity index (χ1v) is 10.5. The Hall–Kier alpha value is -4.00. The molecule has 0 bridgehead atoms. The zero-order valence-electron chi connectivity index (χ0n) is 18.3. The standard InChI is InChI=1S/C25H26N4O3/c1-4-19(30)15-26-21-11-10-18(14-23(21)31)27-22-9-6-12-29-16(2)24(28-25(22)29)17-7-5-8-20(13-17)32-3/h5-14,26-27,31H,4,15H2,1-3H3. The van der Waals surface area contributed by atoms with Gasteiger partial charge in [-0.25, -0.2) is 4.98 Å². The van der Waals surface area contributed by atoms with Gasteiger partial charge in [-0.1, -0.05) is 19.1 Å². The first kappa shape index (κ1) is 21.2.